The van der Waals surface area contributed by atoms with E-state index in [4.69, 9.17) is 0 Å². The predicted octanol–water partition coefficient (Wildman–Crippen LogP) is 5.46. The lowest BCUT2D eigenvalue weighted by atomic mass is 9.56. The van der Waals surface area contributed by atoms with Crippen LogP contribution < -0.4 is 0 Å². The maximum Gasteiger partial charge on any atom is -0.00260 e. The summed E-state index contributed by atoms with van der Waals surface area (Å²) in [5, 5.41) is 0. The maximum atomic E-state index is 4.21. The van der Waals surface area contributed by atoms with Crippen LogP contribution in [0, 0.1) is 29.6 Å². The second kappa shape index (κ2) is 5.89. The summed E-state index contributed by atoms with van der Waals surface area (Å²) in [6.45, 7) is 18.2. The third kappa shape index (κ3) is 2.84. The number of rotatable bonds is 5. The van der Waals surface area contributed by atoms with Crippen LogP contribution in [0.4, 0.5) is 0 Å². The van der Waals surface area contributed by atoms with Gasteiger partial charge >= 0.3 is 0 Å². The molecule has 0 amide bonds. The van der Waals surface area contributed by atoms with Gasteiger partial charge in [0.15, 0.2) is 0 Å². The van der Waals surface area contributed by atoms with Crippen LogP contribution in [-0.2, 0) is 0 Å². The Kier molecular flexibility index (Phi) is 5.04. The highest BCUT2D eigenvalue weighted by Gasteiger charge is 2.42. The second-order valence-electron chi connectivity index (χ2n) is 6.04. The highest BCUT2D eigenvalue weighted by Crippen LogP contribution is 2.49. The Bertz CT molecular complexity index is 287. The monoisotopic (exact) mass is 234 g/mol. The van der Waals surface area contributed by atoms with E-state index in [2.05, 4.69) is 54.2 Å². The van der Waals surface area contributed by atoms with E-state index in [1.165, 1.54) is 12.0 Å². The van der Waals surface area contributed by atoms with E-state index in [9.17, 15) is 0 Å². The summed E-state index contributed by atoms with van der Waals surface area (Å²) in [4.78, 5) is 0. The molecule has 0 spiro atoms. The lowest BCUT2D eigenvalue weighted by molar-refractivity contribution is 0.0429. The Hall–Kier alpha value is -0.520. The summed E-state index contributed by atoms with van der Waals surface area (Å²) in [7, 11) is 0. The molecule has 0 bridgehead atoms. The van der Waals surface area contributed by atoms with Gasteiger partial charge < -0.3 is 0 Å². The average Bonchev–Trinajstić information content (AvgIpc) is 2.34. The molecule has 0 aromatic carbocycles. The van der Waals surface area contributed by atoms with Gasteiger partial charge in [-0.05, 0) is 49.4 Å². The van der Waals surface area contributed by atoms with E-state index in [0.29, 0.717) is 5.92 Å². The van der Waals surface area contributed by atoms with Gasteiger partial charge in [-0.1, -0.05) is 58.4 Å². The molecule has 1 fully saturated rings. The van der Waals surface area contributed by atoms with Gasteiger partial charge in [0.2, 0.25) is 0 Å². The molecule has 1 aliphatic carbocycles. The average molecular weight is 234 g/mol. The third-order valence-corrected chi connectivity index (χ3v) is 5.20. The Morgan fingerprint density at radius 1 is 1.12 bits per heavy atom. The molecular weight excluding hydrogens is 204 g/mol. The van der Waals surface area contributed by atoms with Crippen molar-refractivity contribution in [1.82, 2.24) is 0 Å². The van der Waals surface area contributed by atoms with Gasteiger partial charge in [-0.25, -0.2) is 0 Å². The van der Waals surface area contributed by atoms with Gasteiger partial charge in [0.1, 0.15) is 0 Å². The summed E-state index contributed by atoms with van der Waals surface area (Å²) in [5.41, 5.74) is 2.99. The number of hydrogen-bond acceptors (Lipinski definition) is 0. The molecule has 0 saturated heterocycles. The Balaban J connectivity index is 2.74. The molecule has 0 radical (unpaired) electrons. The smallest absolute Gasteiger partial charge is 0.00260 e. The molecule has 0 aromatic rings. The Morgan fingerprint density at radius 2 is 1.65 bits per heavy atom. The van der Waals surface area contributed by atoms with Crippen LogP contribution in [-0.4, -0.2) is 0 Å². The fourth-order valence-electron chi connectivity index (χ4n) is 3.51. The summed E-state index contributed by atoms with van der Waals surface area (Å²) >= 11 is 0. The molecule has 0 aliphatic heterocycles. The molecule has 0 heterocycles. The molecule has 3 atom stereocenters. The van der Waals surface area contributed by atoms with E-state index in [1.807, 2.05) is 0 Å². The zero-order valence-corrected chi connectivity index (χ0v) is 12.6. The molecular formula is C17H30. The fraction of sp³-hybridized carbons (Fsp3) is 0.765. The van der Waals surface area contributed by atoms with Crippen molar-refractivity contribution in [3.8, 4) is 0 Å². The van der Waals surface area contributed by atoms with Crippen LogP contribution in [0.25, 0.3) is 0 Å². The highest BCUT2D eigenvalue weighted by molar-refractivity contribution is 5.18. The van der Waals surface area contributed by atoms with Crippen LogP contribution >= 0.6 is 0 Å². The van der Waals surface area contributed by atoms with Crippen molar-refractivity contribution < 1.29 is 0 Å². The molecule has 3 unspecified atom stereocenters. The summed E-state index contributed by atoms with van der Waals surface area (Å²) in [6, 6.07) is 0. The normalized spacial score (nSPS) is 35.3. The minimum Gasteiger partial charge on any atom is -0.0993 e. The van der Waals surface area contributed by atoms with Gasteiger partial charge in [0.25, 0.3) is 0 Å². The summed E-state index contributed by atoms with van der Waals surface area (Å²) in [5.74, 6) is 4.00. The largest absolute Gasteiger partial charge is 0.0993 e. The second-order valence-corrected chi connectivity index (χ2v) is 6.04. The van der Waals surface area contributed by atoms with E-state index in [0.717, 1.165) is 30.1 Å². The van der Waals surface area contributed by atoms with Crippen molar-refractivity contribution in [3.63, 3.8) is 0 Å². The van der Waals surface area contributed by atoms with Crippen LogP contribution in [0.2, 0.25) is 0 Å². The van der Waals surface area contributed by atoms with Gasteiger partial charge in [-0.3, -0.25) is 0 Å². The van der Waals surface area contributed by atoms with E-state index >= 15 is 0 Å². The first-order chi connectivity index (χ1) is 7.93. The molecule has 0 aromatic heterocycles. The van der Waals surface area contributed by atoms with E-state index < -0.39 is 0 Å². The lowest BCUT2D eigenvalue weighted by Crippen LogP contribution is -2.42. The molecule has 1 saturated carbocycles. The van der Waals surface area contributed by atoms with E-state index in [-0.39, 0.29) is 0 Å². The van der Waals surface area contributed by atoms with Gasteiger partial charge in [0.05, 0.1) is 0 Å². The molecule has 0 heteroatoms. The van der Waals surface area contributed by atoms with Crippen molar-refractivity contribution in [2.45, 2.75) is 54.4 Å². The summed E-state index contributed by atoms with van der Waals surface area (Å²) in [6.07, 6.45) is 4.79. The van der Waals surface area contributed by atoms with Crippen molar-refractivity contribution in [2.75, 3.05) is 0 Å². The zero-order chi connectivity index (χ0) is 13.2. The van der Waals surface area contributed by atoms with Crippen LogP contribution in [0.1, 0.15) is 54.4 Å². The maximum absolute atomic E-state index is 4.21. The first-order valence-electron chi connectivity index (χ1n) is 7.29. The topological polar surface area (TPSA) is 0 Å². The van der Waals surface area contributed by atoms with Crippen molar-refractivity contribution in [1.29, 1.82) is 0 Å². The fourth-order valence-corrected chi connectivity index (χ4v) is 3.51. The SMILES string of the molecule is C=C(CC)C(C=C(C)C1C(C)C(C)C1C)CC. The van der Waals surface area contributed by atoms with Crippen LogP contribution in [0.15, 0.2) is 23.8 Å². The lowest BCUT2D eigenvalue weighted by Gasteiger charge is -2.49. The summed E-state index contributed by atoms with van der Waals surface area (Å²) < 4.78 is 0. The van der Waals surface area contributed by atoms with E-state index in [1.54, 1.807) is 5.57 Å². The Morgan fingerprint density at radius 3 is 2.06 bits per heavy atom. The minimum atomic E-state index is 0.593. The number of hydrogen-bond donors (Lipinski definition) is 0. The molecule has 0 nitrogen and oxygen atoms in total. The Labute approximate surface area is 108 Å². The third-order valence-electron chi connectivity index (χ3n) is 5.20. The van der Waals surface area contributed by atoms with Crippen molar-refractivity contribution in [2.24, 2.45) is 29.6 Å². The highest BCUT2D eigenvalue weighted by atomic mass is 14.5. The molecule has 0 N–H and O–H groups in total. The standard InChI is InChI=1S/C17H30/c1-8-11(3)16(9-2)10-12(4)17-14(6)13(5)15(17)7/h10,13-17H,3,8-9H2,1-2,4-7H3. The van der Waals surface area contributed by atoms with Crippen LogP contribution in [0.3, 0.4) is 0 Å². The minimum absolute atomic E-state index is 0.593. The van der Waals surface area contributed by atoms with Crippen LogP contribution in [0.5, 0.6) is 0 Å². The van der Waals surface area contributed by atoms with Gasteiger partial charge in [-0.2, -0.15) is 0 Å². The number of allylic oxidation sites excluding steroid dienone is 3. The zero-order valence-electron chi connectivity index (χ0n) is 12.6. The molecule has 98 valence electrons. The first kappa shape index (κ1) is 14.5. The molecule has 1 rings (SSSR count). The van der Waals surface area contributed by atoms with Crippen molar-refractivity contribution >= 4 is 0 Å². The predicted molar refractivity (Wildman–Crippen MR) is 78.0 cm³/mol. The quantitative estimate of drug-likeness (QED) is 0.554. The molecule has 1 aliphatic rings. The van der Waals surface area contributed by atoms with Gasteiger partial charge in [-0.15, -0.1) is 0 Å². The van der Waals surface area contributed by atoms with Crippen molar-refractivity contribution in [3.05, 3.63) is 23.8 Å². The van der Waals surface area contributed by atoms with Gasteiger partial charge in [0, 0.05) is 0 Å². The molecule has 17 heavy (non-hydrogen) atoms. The first-order valence-corrected chi connectivity index (χ1v) is 7.29.